The van der Waals surface area contributed by atoms with Crippen LogP contribution in [-0.4, -0.2) is 23.8 Å². The topological polar surface area (TPSA) is 74.2 Å². The molecule has 1 heterocycles. The van der Waals surface area contributed by atoms with Gasteiger partial charge in [0.15, 0.2) is 0 Å². The van der Waals surface area contributed by atoms with Crippen molar-refractivity contribution < 1.29 is 9.26 Å². The van der Waals surface area contributed by atoms with Gasteiger partial charge in [0.05, 0.1) is 18.1 Å². The first-order valence-electron chi connectivity index (χ1n) is 6.07. The van der Waals surface area contributed by atoms with Crippen LogP contribution in [0.25, 0.3) is 11.4 Å². The quantitative estimate of drug-likeness (QED) is 0.930. The van der Waals surface area contributed by atoms with Crippen LogP contribution in [0.2, 0.25) is 5.02 Å². The van der Waals surface area contributed by atoms with E-state index in [1.807, 2.05) is 6.07 Å². The molecule has 2 N–H and O–H groups in total. The van der Waals surface area contributed by atoms with Gasteiger partial charge in [-0.15, -0.1) is 0 Å². The van der Waals surface area contributed by atoms with Gasteiger partial charge in [-0.1, -0.05) is 16.8 Å². The van der Waals surface area contributed by atoms with Gasteiger partial charge in [0.2, 0.25) is 11.7 Å². The van der Waals surface area contributed by atoms with Crippen molar-refractivity contribution in [3.05, 3.63) is 29.1 Å². The summed E-state index contributed by atoms with van der Waals surface area (Å²) < 4.78 is 10.6. The summed E-state index contributed by atoms with van der Waals surface area (Å²) in [6, 6.07) is 5.31. The predicted molar refractivity (Wildman–Crippen MR) is 71.3 cm³/mol. The third-order valence-electron chi connectivity index (χ3n) is 3.53. The molecule has 6 heteroatoms. The van der Waals surface area contributed by atoms with Gasteiger partial charge in [-0.2, -0.15) is 4.98 Å². The van der Waals surface area contributed by atoms with Gasteiger partial charge in [-0.25, -0.2) is 0 Å². The number of aromatic nitrogens is 2. The van der Waals surface area contributed by atoms with Gasteiger partial charge in [0, 0.05) is 11.6 Å². The molecule has 1 aliphatic carbocycles. The van der Waals surface area contributed by atoms with E-state index < -0.39 is 0 Å². The number of hydrogen-bond acceptors (Lipinski definition) is 5. The summed E-state index contributed by atoms with van der Waals surface area (Å²) in [5.41, 5.74) is 6.41. The second-order valence-corrected chi connectivity index (χ2v) is 5.19. The molecule has 0 unspecified atom stereocenters. The molecule has 1 aliphatic rings. The van der Waals surface area contributed by atoms with Crippen LogP contribution in [0.3, 0.4) is 0 Å². The van der Waals surface area contributed by atoms with Gasteiger partial charge in [-0.3, -0.25) is 0 Å². The summed E-state index contributed by atoms with van der Waals surface area (Å²) in [5, 5.41) is 4.62. The molecule has 3 rings (SSSR count). The fourth-order valence-electron chi connectivity index (χ4n) is 2.05. The molecule has 100 valence electrons. The number of methoxy groups -OCH3 is 1. The highest BCUT2D eigenvalue weighted by Gasteiger charge is 2.48. The zero-order chi connectivity index (χ0) is 13.5. The molecule has 0 spiro atoms. The first kappa shape index (κ1) is 12.4. The minimum Gasteiger partial charge on any atom is -0.496 e. The largest absolute Gasteiger partial charge is 0.496 e. The number of halogens is 1. The molecule has 0 bridgehead atoms. The van der Waals surface area contributed by atoms with Crippen LogP contribution in [0.15, 0.2) is 22.7 Å². The third-order valence-corrected chi connectivity index (χ3v) is 3.76. The highest BCUT2D eigenvalue weighted by Crippen LogP contribution is 2.47. The molecule has 5 nitrogen and oxygen atoms in total. The van der Waals surface area contributed by atoms with Crippen LogP contribution in [0.4, 0.5) is 0 Å². The first-order valence-corrected chi connectivity index (χ1v) is 6.44. The highest BCUT2D eigenvalue weighted by atomic mass is 35.5. The van der Waals surface area contributed by atoms with Crippen molar-refractivity contribution in [1.82, 2.24) is 10.1 Å². The molecule has 0 amide bonds. The Morgan fingerprint density at radius 1 is 1.47 bits per heavy atom. The number of ether oxygens (including phenoxy) is 1. The van der Waals surface area contributed by atoms with E-state index in [1.165, 1.54) is 0 Å². The van der Waals surface area contributed by atoms with Crippen molar-refractivity contribution in [2.75, 3.05) is 13.7 Å². The molecule has 1 aromatic heterocycles. The molecular formula is C13H14ClN3O2. The lowest BCUT2D eigenvalue weighted by Crippen LogP contribution is -2.19. The van der Waals surface area contributed by atoms with E-state index in [4.69, 9.17) is 26.6 Å². The molecule has 2 aromatic rings. The van der Waals surface area contributed by atoms with Crippen molar-refractivity contribution >= 4 is 11.6 Å². The molecule has 1 aromatic carbocycles. The fourth-order valence-corrected chi connectivity index (χ4v) is 2.22. The summed E-state index contributed by atoms with van der Waals surface area (Å²) in [6.07, 6.45) is 2.01. The fraction of sp³-hybridized carbons (Fsp3) is 0.385. The van der Waals surface area contributed by atoms with E-state index in [0.29, 0.717) is 29.0 Å². The predicted octanol–water partition coefficient (Wildman–Crippen LogP) is 2.39. The van der Waals surface area contributed by atoms with E-state index in [0.717, 1.165) is 18.4 Å². The van der Waals surface area contributed by atoms with Crippen molar-refractivity contribution in [2.45, 2.75) is 18.3 Å². The van der Waals surface area contributed by atoms with Crippen molar-refractivity contribution in [2.24, 2.45) is 5.73 Å². The van der Waals surface area contributed by atoms with Crippen molar-refractivity contribution in [1.29, 1.82) is 0 Å². The van der Waals surface area contributed by atoms with Crippen LogP contribution in [0.5, 0.6) is 5.75 Å². The normalized spacial score (nSPS) is 16.4. The van der Waals surface area contributed by atoms with E-state index >= 15 is 0 Å². The van der Waals surface area contributed by atoms with Crippen LogP contribution < -0.4 is 10.5 Å². The SMILES string of the molecule is COc1cc(Cl)ccc1-c1noc(C2(CN)CC2)n1. The third kappa shape index (κ3) is 2.09. The van der Waals surface area contributed by atoms with Crippen molar-refractivity contribution in [3.63, 3.8) is 0 Å². The Morgan fingerprint density at radius 3 is 2.89 bits per heavy atom. The van der Waals surface area contributed by atoms with Gasteiger partial charge in [-0.05, 0) is 31.0 Å². The van der Waals surface area contributed by atoms with E-state index in [-0.39, 0.29) is 5.41 Å². The Bertz CT molecular complexity index is 608. The molecular weight excluding hydrogens is 266 g/mol. The lowest BCUT2D eigenvalue weighted by molar-refractivity contribution is 0.347. The summed E-state index contributed by atoms with van der Waals surface area (Å²) in [7, 11) is 1.58. The van der Waals surface area contributed by atoms with Crippen LogP contribution in [0, 0.1) is 0 Å². The Morgan fingerprint density at radius 2 is 2.26 bits per heavy atom. The number of hydrogen-bond donors (Lipinski definition) is 1. The molecule has 1 saturated carbocycles. The smallest absolute Gasteiger partial charge is 0.234 e. The average molecular weight is 280 g/mol. The van der Waals surface area contributed by atoms with E-state index in [1.54, 1.807) is 19.2 Å². The minimum atomic E-state index is -0.106. The first-order chi connectivity index (χ1) is 9.18. The highest BCUT2D eigenvalue weighted by molar-refractivity contribution is 6.30. The van der Waals surface area contributed by atoms with Gasteiger partial charge in [0.25, 0.3) is 0 Å². The zero-order valence-corrected chi connectivity index (χ0v) is 11.3. The Kier molecular flexibility index (Phi) is 2.95. The van der Waals surface area contributed by atoms with E-state index in [9.17, 15) is 0 Å². The van der Waals surface area contributed by atoms with Crippen molar-refractivity contribution in [3.8, 4) is 17.1 Å². The lowest BCUT2D eigenvalue weighted by atomic mass is 10.1. The van der Waals surface area contributed by atoms with Crippen LogP contribution in [-0.2, 0) is 5.41 Å². The minimum absolute atomic E-state index is 0.106. The molecule has 1 fully saturated rings. The Hall–Kier alpha value is -1.59. The maximum Gasteiger partial charge on any atom is 0.234 e. The summed E-state index contributed by atoms with van der Waals surface area (Å²) in [5.74, 6) is 1.74. The lowest BCUT2D eigenvalue weighted by Gasteiger charge is -2.05. The van der Waals surface area contributed by atoms with Gasteiger partial charge in [0.1, 0.15) is 5.75 Å². The maximum absolute atomic E-state index is 5.93. The molecule has 19 heavy (non-hydrogen) atoms. The maximum atomic E-state index is 5.93. The zero-order valence-electron chi connectivity index (χ0n) is 10.5. The Labute approximate surface area is 115 Å². The second kappa shape index (κ2) is 4.51. The van der Waals surface area contributed by atoms with Crippen LogP contribution >= 0.6 is 11.6 Å². The summed E-state index contributed by atoms with van der Waals surface area (Å²) in [6.45, 7) is 0.534. The number of nitrogens with two attached hydrogens (primary N) is 1. The summed E-state index contributed by atoms with van der Waals surface area (Å²) >= 11 is 5.93. The Balaban J connectivity index is 1.99. The van der Waals surface area contributed by atoms with Crippen LogP contribution in [0.1, 0.15) is 18.7 Å². The molecule has 0 aliphatic heterocycles. The molecule has 0 radical (unpaired) electrons. The number of nitrogens with zero attached hydrogens (tertiary/aromatic N) is 2. The number of benzene rings is 1. The molecule has 0 atom stereocenters. The summed E-state index contributed by atoms with van der Waals surface area (Å²) in [4.78, 5) is 4.44. The monoisotopic (exact) mass is 279 g/mol. The second-order valence-electron chi connectivity index (χ2n) is 4.75. The average Bonchev–Trinajstić information content (AvgIpc) is 3.08. The van der Waals surface area contributed by atoms with Gasteiger partial charge < -0.3 is 15.0 Å². The number of rotatable bonds is 4. The molecule has 0 saturated heterocycles. The van der Waals surface area contributed by atoms with Gasteiger partial charge >= 0.3 is 0 Å². The standard InChI is InChI=1S/C13H14ClN3O2/c1-18-10-6-8(14)2-3-9(10)11-16-12(19-17-11)13(7-15)4-5-13/h2-3,6H,4-5,7,15H2,1H3. The van der Waals surface area contributed by atoms with E-state index in [2.05, 4.69) is 10.1 Å².